The Hall–Kier alpha value is -3.69. The number of aliphatic hydroxyl groups is 1. The van der Waals surface area contributed by atoms with E-state index in [1.807, 2.05) is 37.3 Å². The van der Waals surface area contributed by atoms with Gasteiger partial charge in [0.25, 0.3) is 0 Å². The zero-order chi connectivity index (χ0) is 34.0. The Morgan fingerprint density at radius 1 is 1.02 bits per heavy atom. The number of sulfonamides is 2. The van der Waals surface area contributed by atoms with Crippen LogP contribution in [-0.2, 0) is 36.2 Å². The number of hydrogen-bond acceptors (Lipinski definition) is 10. The van der Waals surface area contributed by atoms with Crippen molar-refractivity contribution in [1.29, 1.82) is 0 Å². The summed E-state index contributed by atoms with van der Waals surface area (Å²) < 4.78 is 59.0. The van der Waals surface area contributed by atoms with E-state index in [1.165, 1.54) is 16.4 Å². The van der Waals surface area contributed by atoms with E-state index in [1.54, 1.807) is 30.3 Å². The molecule has 12 nitrogen and oxygen atoms in total. The first-order valence-electron chi connectivity index (χ1n) is 15.6. The Labute approximate surface area is 277 Å². The largest absolute Gasteiger partial charge is 0.506 e. The number of unbranched alkanes of at least 4 members (excludes halogenated alkanes) is 1. The molecule has 0 unspecified atom stereocenters. The van der Waals surface area contributed by atoms with Gasteiger partial charge in [-0.1, -0.05) is 49.7 Å². The number of phenolic OH excluding ortho intramolecular Hbond substituents is 1. The van der Waals surface area contributed by atoms with Gasteiger partial charge in [0.15, 0.2) is 0 Å². The van der Waals surface area contributed by atoms with E-state index in [-0.39, 0.29) is 48.6 Å². The molecule has 1 aliphatic rings. The number of nitrogens with one attached hydrogen (secondary N) is 2. The quantitative estimate of drug-likeness (QED) is 0.129. The number of benzene rings is 3. The molecular formula is C33H44N4O8S2. The summed E-state index contributed by atoms with van der Waals surface area (Å²) in [6.45, 7) is 3.57. The molecule has 0 amide bonds. The number of nitrogens with zero attached hydrogens (tertiary/aromatic N) is 2. The smallest absolute Gasteiger partial charge is 0.321 e. The van der Waals surface area contributed by atoms with Crippen molar-refractivity contribution in [2.24, 2.45) is 0 Å². The molecular weight excluding hydrogens is 645 g/mol. The second-order valence-electron chi connectivity index (χ2n) is 11.7. The van der Waals surface area contributed by atoms with Crippen molar-refractivity contribution >= 4 is 37.4 Å². The highest BCUT2D eigenvalue weighted by atomic mass is 32.2. The number of ether oxygens (including phenoxy) is 1. The summed E-state index contributed by atoms with van der Waals surface area (Å²) in [5.41, 5.74) is 2.18. The number of aliphatic hydroxyl groups excluding tert-OH is 1. The molecule has 256 valence electrons. The van der Waals surface area contributed by atoms with Gasteiger partial charge >= 0.3 is 5.97 Å². The summed E-state index contributed by atoms with van der Waals surface area (Å²) in [6, 6.07) is 20.4. The number of carbonyl (C=O) groups excluding carboxylic acids is 1. The van der Waals surface area contributed by atoms with Gasteiger partial charge in [-0.15, -0.1) is 0 Å². The molecule has 0 aliphatic carbocycles. The Balaban J connectivity index is 1.29. The summed E-state index contributed by atoms with van der Waals surface area (Å²) >= 11 is 0. The number of aromatic hydroxyl groups is 1. The first-order valence-corrected chi connectivity index (χ1v) is 19.0. The lowest BCUT2D eigenvalue weighted by atomic mass is 10.0. The van der Waals surface area contributed by atoms with Crippen LogP contribution in [0.25, 0.3) is 0 Å². The number of hydrogen-bond donors (Lipinski definition) is 4. The molecule has 1 atom stereocenters. The normalized spacial score (nSPS) is 15.0. The lowest BCUT2D eigenvalue weighted by Crippen LogP contribution is -2.43. The van der Waals surface area contributed by atoms with E-state index >= 15 is 0 Å². The van der Waals surface area contributed by atoms with Crippen molar-refractivity contribution in [3.8, 4) is 5.75 Å². The van der Waals surface area contributed by atoms with Crippen molar-refractivity contribution in [3.05, 3.63) is 83.9 Å². The molecule has 3 aromatic carbocycles. The van der Waals surface area contributed by atoms with Crippen molar-refractivity contribution in [2.75, 3.05) is 48.6 Å². The Morgan fingerprint density at radius 2 is 1.70 bits per heavy atom. The third kappa shape index (κ3) is 10.7. The maximum atomic E-state index is 13.5. The van der Waals surface area contributed by atoms with Crippen LogP contribution >= 0.6 is 0 Å². The maximum Gasteiger partial charge on any atom is 0.321 e. The van der Waals surface area contributed by atoms with E-state index in [0.29, 0.717) is 12.0 Å². The first-order chi connectivity index (χ1) is 22.4. The van der Waals surface area contributed by atoms with Crippen molar-refractivity contribution in [3.63, 3.8) is 0 Å². The van der Waals surface area contributed by atoms with E-state index in [0.717, 1.165) is 49.9 Å². The molecule has 0 bridgehead atoms. The minimum absolute atomic E-state index is 0.00573. The lowest BCUT2D eigenvalue weighted by molar-refractivity contribution is -0.145. The Kier molecular flexibility index (Phi) is 12.6. The number of anilines is 2. The fraction of sp³-hybridized carbons (Fsp3) is 0.424. The van der Waals surface area contributed by atoms with Crippen molar-refractivity contribution in [1.82, 2.24) is 9.62 Å². The van der Waals surface area contributed by atoms with Gasteiger partial charge in [-0.05, 0) is 66.8 Å². The molecule has 0 aromatic heterocycles. The predicted octanol–water partition coefficient (Wildman–Crippen LogP) is 3.59. The van der Waals surface area contributed by atoms with Crippen LogP contribution < -0.4 is 14.9 Å². The SMILES string of the molecule is CCCCN(CC(=O)OCc1ccccc1)S(=O)(=O)c1ccc(N2CCC(NC[C@H](O)c3ccc(O)c(NS(C)(=O)=O)c3)CC2)cc1. The highest BCUT2D eigenvalue weighted by molar-refractivity contribution is 7.92. The number of phenols is 1. The molecule has 4 N–H and O–H groups in total. The van der Waals surface area contributed by atoms with Crippen LogP contribution in [0.2, 0.25) is 0 Å². The molecule has 0 radical (unpaired) electrons. The second kappa shape index (κ2) is 16.4. The van der Waals surface area contributed by atoms with Gasteiger partial charge in [0.1, 0.15) is 18.9 Å². The first kappa shape index (κ1) is 36.2. The Bertz CT molecular complexity index is 1680. The molecule has 0 spiro atoms. The molecule has 1 aliphatic heterocycles. The van der Waals surface area contributed by atoms with E-state index < -0.39 is 32.1 Å². The van der Waals surface area contributed by atoms with Gasteiger partial charge in [0.05, 0.1) is 22.9 Å². The minimum Gasteiger partial charge on any atom is -0.506 e. The molecule has 47 heavy (non-hydrogen) atoms. The zero-order valence-electron chi connectivity index (χ0n) is 26.7. The summed E-state index contributed by atoms with van der Waals surface area (Å²) in [5, 5.41) is 24.0. The maximum absolute atomic E-state index is 13.5. The molecule has 4 rings (SSSR count). The zero-order valence-corrected chi connectivity index (χ0v) is 28.3. The van der Waals surface area contributed by atoms with Gasteiger partial charge in [0.2, 0.25) is 20.0 Å². The topological polar surface area (TPSA) is 166 Å². The molecule has 1 fully saturated rings. The lowest BCUT2D eigenvalue weighted by Gasteiger charge is -2.34. The third-order valence-corrected chi connectivity index (χ3v) is 10.4. The summed E-state index contributed by atoms with van der Waals surface area (Å²) in [4.78, 5) is 14.9. The van der Waals surface area contributed by atoms with Crippen LogP contribution in [0, 0.1) is 0 Å². The second-order valence-corrected chi connectivity index (χ2v) is 15.4. The molecule has 1 heterocycles. The van der Waals surface area contributed by atoms with Gasteiger partial charge in [0, 0.05) is 37.9 Å². The molecule has 3 aromatic rings. The van der Waals surface area contributed by atoms with Crippen LogP contribution in [-0.4, -0.2) is 82.3 Å². The van der Waals surface area contributed by atoms with Crippen LogP contribution in [0.3, 0.4) is 0 Å². The van der Waals surface area contributed by atoms with Crippen molar-refractivity contribution in [2.45, 2.75) is 56.3 Å². The summed E-state index contributed by atoms with van der Waals surface area (Å²) in [5.74, 6) is -0.837. The van der Waals surface area contributed by atoms with Crippen LogP contribution in [0.4, 0.5) is 11.4 Å². The standard InChI is InChI=1S/C33H44N4O8S2/c1-3-4-18-37(23-33(40)45-24-25-8-6-5-7-9-25)47(43,44)29-13-11-28(12-14-29)36-19-16-27(17-20-36)34-22-32(39)26-10-15-31(38)30(21-26)35-46(2,41)42/h5-15,21,27,32,34-35,38-39H,3-4,16-20,22-24H2,1-2H3/t32-/m0/s1. The number of piperidine rings is 1. The fourth-order valence-electron chi connectivity index (χ4n) is 5.30. The molecule has 0 saturated carbocycles. The van der Waals surface area contributed by atoms with Gasteiger partial charge in [-0.3, -0.25) is 9.52 Å². The van der Waals surface area contributed by atoms with Crippen LogP contribution in [0.15, 0.2) is 77.7 Å². The summed E-state index contributed by atoms with van der Waals surface area (Å²) in [7, 11) is -7.52. The number of rotatable bonds is 16. The average molecular weight is 689 g/mol. The van der Waals surface area contributed by atoms with E-state index in [4.69, 9.17) is 4.74 Å². The van der Waals surface area contributed by atoms with Crippen LogP contribution in [0.5, 0.6) is 5.75 Å². The minimum atomic E-state index is -3.93. The van der Waals surface area contributed by atoms with Crippen LogP contribution in [0.1, 0.15) is 49.8 Å². The third-order valence-electron chi connectivity index (χ3n) is 7.94. The summed E-state index contributed by atoms with van der Waals surface area (Å²) in [6.07, 6.45) is 3.04. The Morgan fingerprint density at radius 3 is 2.34 bits per heavy atom. The van der Waals surface area contributed by atoms with Crippen molar-refractivity contribution < 1.29 is 36.6 Å². The van der Waals surface area contributed by atoms with E-state index in [2.05, 4.69) is 14.9 Å². The fourth-order valence-corrected chi connectivity index (χ4v) is 7.29. The highest BCUT2D eigenvalue weighted by Crippen LogP contribution is 2.28. The van der Waals surface area contributed by atoms with Gasteiger partial charge in [-0.25, -0.2) is 16.8 Å². The van der Waals surface area contributed by atoms with E-state index in [9.17, 15) is 31.8 Å². The predicted molar refractivity (Wildman–Crippen MR) is 181 cm³/mol. The highest BCUT2D eigenvalue weighted by Gasteiger charge is 2.28. The van der Waals surface area contributed by atoms with Gasteiger partial charge in [-0.2, -0.15) is 4.31 Å². The average Bonchev–Trinajstić information content (AvgIpc) is 3.05. The monoisotopic (exact) mass is 688 g/mol. The number of esters is 1. The molecule has 14 heteroatoms. The van der Waals surface area contributed by atoms with Gasteiger partial charge < -0.3 is 25.2 Å². The molecule has 1 saturated heterocycles. The number of carbonyl (C=O) groups is 1.